The molecule has 0 radical (unpaired) electrons. The van der Waals surface area contributed by atoms with Crippen molar-refractivity contribution in [3.63, 3.8) is 0 Å². The molecule has 1 aliphatic rings. The summed E-state index contributed by atoms with van der Waals surface area (Å²) in [6.07, 6.45) is 3.96. The molecule has 1 aromatic heterocycles. The van der Waals surface area contributed by atoms with Gasteiger partial charge in [-0.1, -0.05) is 25.5 Å². The number of hydrogen-bond donors (Lipinski definition) is 1. The van der Waals surface area contributed by atoms with Gasteiger partial charge < -0.3 is 15.0 Å². The summed E-state index contributed by atoms with van der Waals surface area (Å²) in [5.41, 5.74) is 10.1. The highest BCUT2D eigenvalue weighted by Crippen LogP contribution is 2.34. The molecule has 0 saturated carbocycles. The van der Waals surface area contributed by atoms with Gasteiger partial charge in [-0.3, -0.25) is 9.69 Å². The fraction of sp³-hybridized carbons (Fsp3) is 0.522. The SMILES string of the molecule is CCCCc1c(-c2ccc(F)cc2)c(C(N)=O)c(C)n1CCCN1CCOCC1. The fourth-order valence-electron chi connectivity index (χ4n) is 4.21. The number of benzene rings is 1. The molecule has 1 amide bonds. The van der Waals surface area contributed by atoms with E-state index in [1.807, 2.05) is 6.92 Å². The molecule has 6 heteroatoms. The summed E-state index contributed by atoms with van der Waals surface area (Å²) in [6, 6.07) is 6.36. The molecule has 0 bridgehead atoms. The Balaban J connectivity index is 1.93. The van der Waals surface area contributed by atoms with E-state index in [0.717, 1.165) is 87.6 Å². The molecule has 0 unspecified atom stereocenters. The first-order valence-corrected chi connectivity index (χ1v) is 10.6. The molecule has 2 heterocycles. The number of rotatable bonds is 9. The number of amides is 1. The van der Waals surface area contributed by atoms with Gasteiger partial charge in [-0.05, 0) is 43.9 Å². The first-order valence-electron chi connectivity index (χ1n) is 10.6. The van der Waals surface area contributed by atoms with E-state index < -0.39 is 5.91 Å². The van der Waals surface area contributed by atoms with E-state index in [-0.39, 0.29) is 5.82 Å². The van der Waals surface area contributed by atoms with Crippen molar-refractivity contribution in [2.75, 3.05) is 32.8 Å². The summed E-state index contributed by atoms with van der Waals surface area (Å²) in [5.74, 6) is -0.711. The highest BCUT2D eigenvalue weighted by Gasteiger charge is 2.24. The van der Waals surface area contributed by atoms with Crippen LogP contribution in [0.25, 0.3) is 11.1 Å². The highest BCUT2D eigenvalue weighted by molar-refractivity contribution is 6.02. The quantitative estimate of drug-likeness (QED) is 0.696. The van der Waals surface area contributed by atoms with Gasteiger partial charge in [-0.15, -0.1) is 0 Å². The fourth-order valence-corrected chi connectivity index (χ4v) is 4.21. The minimum Gasteiger partial charge on any atom is -0.379 e. The smallest absolute Gasteiger partial charge is 0.251 e. The predicted octanol–water partition coefficient (Wildman–Crippen LogP) is 3.77. The van der Waals surface area contributed by atoms with Crippen molar-refractivity contribution in [1.82, 2.24) is 9.47 Å². The molecule has 1 aromatic carbocycles. The topological polar surface area (TPSA) is 60.5 Å². The van der Waals surface area contributed by atoms with Crippen molar-refractivity contribution in [1.29, 1.82) is 0 Å². The number of carbonyl (C=O) groups is 1. The largest absolute Gasteiger partial charge is 0.379 e. The van der Waals surface area contributed by atoms with Crippen molar-refractivity contribution in [2.45, 2.75) is 46.1 Å². The maximum absolute atomic E-state index is 13.5. The lowest BCUT2D eigenvalue weighted by Gasteiger charge is -2.26. The second-order valence-corrected chi connectivity index (χ2v) is 7.72. The van der Waals surface area contributed by atoms with E-state index in [9.17, 15) is 9.18 Å². The minimum absolute atomic E-state index is 0.286. The highest BCUT2D eigenvalue weighted by atomic mass is 19.1. The van der Waals surface area contributed by atoms with Crippen LogP contribution in [-0.4, -0.2) is 48.2 Å². The van der Waals surface area contributed by atoms with E-state index >= 15 is 0 Å². The normalized spacial score (nSPS) is 15.0. The number of morpholine rings is 1. The number of nitrogens with two attached hydrogens (primary N) is 1. The van der Waals surface area contributed by atoms with Gasteiger partial charge in [0.2, 0.25) is 0 Å². The second-order valence-electron chi connectivity index (χ2n) is 7.72. The molecule has 29 heavy (non-hydrogen) atoms. The van der Waals surface area contributed by atoms with Crippen LogP contribution >= 0.6 is 0 Å². The minimum atomic E-state index is -0.425. The summed E-state index contributed by atoms with van der Waals surface area (Å²) in [4.78, 5) is 14.8. The maximum atomic E-state index is 13.5. The van der Waals surface area contributed by atoms with Gasteiger partial charge in [0, 0.05) is 43.1 Å². The van der Waals surface area contributed by atoms with Gasteiger partial charge in [0.05, 0.1) is 18.8 Å². The van der Waals surface area contributed by atoms with E-state index in [0.29, 0.717) is 5.56 Å². The van der Waals surface area contributed by atoms with E-state index in [2.05, 4.69) is 16.4 Å². The zero-order valence-corrected chi connectivity index (χ0v) is 17.5. The summed E-state index contributed by atoms with van der Waals surface area (Å²) in [5, 5.41) is 0. The van der Waals surface area contributed by atoms with Crippen molar-refractivity contribution in [3.8, 4) is 11.1 Å². The van der Waals surface area contributed by atoms with E-state index in [1.54, 1.807) is 12.1 Å². The molecule has 3 rings (SSSR count). The van der Waals surface area contributed by atoms with Crippen molar-refractivity contribution >= 4 is 5.91 Å². The molecular weight excluding hydrogens is 369 g/mol. The molecule has 1 saturated heterocycles. The third kappa shape index (κ3) is 5.06. The van der Waals surface area contributed by atoms with Crippen LogP contribution in [0, 0.1) is 12.7 Å². The molecule has 2 aromatic rings. The monoisotopic (exact) mass is 401 g/mol. The van der Waals surface area contributed by atoms with E-state index in [1.165, 1.54) is 12.1 Å². The van der Waals surface area contributed by atoms with Gasteiger partial charge in [-0.25, -0.2) is 4.39 Å². The standard InChI is InChI=1S/C23H32FN3O2/c1-3-4-6-20-22(18-7-9-19(24)10-8-18)21(23(25)28)17(2)27(20)12-5-11-26-13-15-29-16-14-26/h7-10H,3-6,11-16H2,1-2H3,(H2,25,28). The summed E-state index contributed by atoms with van der Waals surface area (Å²) in [7, 11) is 0. The lowest BCUT2D eigenvalue weighted by atomic mass is 9.97. The lowest BCUT2D eigenvalue weighted by molar-refractivity contribution is 0.0369. The number of aromatic nitrogens is 1. The molecule has 0 spiro atoms. The van der Waals surface area contributed by atoms with Crippen LogP contribution in [0.5, 0.6) is 0 Å². The molecule has 1 fully saturated rings. The molecule has 1 aliphatic heterocycles. The van der Waals surface area contributed by atoms with Crippen molar-refractivity contribution in [2.24, 2.45) is 5.73 Å². The number of halogens is 1. The first kappa shape index (κ1) is 21.5. The lowest BCUT2D eigenvalue weighted by Crippen LogP contribution is -2.37. The van der Waals surface area contributed by atoms with Crippen molar-refractivity contribution in [3.05, 3.63) is 47.0 Å². The molecule has 158 valence electrons. The third-order valence-electron chi connectivity index (χ3n) is 5.74. The molecule has 5 nitrogen and oxygen atoms in total. The van der Waals surface area contributed by atoms with Gasteiger partial charge >= 0.3 is 0 Å². The maximum Gasteiger partial charge on any atom is 0.251 e. The average molecular weight is 402 g/mol. The van der Waals surface area contributed by atoms with Gasteiger partial charge in [0.15, 0.2) is 0 Å². The van der Waals surface area contributed by atoms with Crippen LogP contribution in [0.4, 0.5) is 4.39 Å². The van der Waals surface area contributed by atoms with Crippen LogP contribution in [0.15, 0.2) is 24.3 Å². The Morgan fingerprint density at radius 1 is 1.14 bits per heavy atom. The molecular formula is C23H32FN3O2. The summed E-state index contributed by atoms with van der Waals surface area (Å²) < 4.78 is 21.2. The Kier molecular flexibility index (Phi) is 7.45. The van der Waals surface area contributed by atoms with Crippen molar-refractivity contribution < 1.29 is 13.9 Å². The van der Waals surface area contributed by atoms with Crippen LogP contribution < -0.4 is 5.73 Å². The number of hydrogen-bond acceptors (Lipinski definition) is 3. The van der Waals surface area contributed by atoms with E-state index in [4.69, 9.17) is 10.5 Å². The van der Waals surface area contributed by atoms with Crippen LogP contribution in [0.2, 0.25) is 0 Å². The Morgan fingerprint density at radius 2 is 1.83 bits per heavy atom. The van der Waals surface area contributed by atoms with Crippen LogP contribution in [0.3, 0.4) is 0 Å². The Hall–Kier alpha value is -2.18. The van der Waals surface area contributed by atoms with Gasteiger partial charge in [0.25, 0.3) is 5.91 Å². The van der Waals surface area contributed by atoms with Gasteiger partial charge in [-0.2, -0.15) is 0 Å². The Morgan fingerprint density at radius 3 is 2.45 bits per heavy atom. The number of ether oxygens (including phenoxy) is 1. The Labute approximate surface area is 172 Å². The zero-order valence-electron chi connectivity index (χ0n) is 17.5. The molecule has 2 N–H and O–H groups in total. The number of unbranched alkanes of at least 4 members (excludes halogenated alkanes) is 1. The third-order valence-corrected chi connectivity index (χ3v) is 5.74. The number of primary amides is 1. The Bertz CT molecular complexity index is 824. The van der Waals surface area contributed by atoms with Crippen LogP contribution in [-0.2, 0) is 17.7 Å². The molecule has 0 atom stereocenters. The zero-order chi connectivity index (χ0) is 20.8. The predicted molar refractivity (Wildman–Crippen MR) is 114 cm³/mol. The average Bonchev–Trinajstić information content (AvgIpc) is 2.99. The number of nitrogens with zero attached hydrogens (tertiary/aromatic N) is 2. The number of carbonyl (C=O) groups excluding carboxylic acids is 1. The summed E-state index contributed by atoms with van der Waals surface area (Å²) in [6.45, 7) is 9.51. The second kappa shape index (κ2) is 10.0. The summed E-state index contributed by atoms with van der Waals surface area (Å²) >= 11 is 0. The first-order chi connectivity index (χ1) is 14.0. The molecule has 0 aliphatic carbocycles. The van der Waals surface area contributed by atoms with Crippen LogP contribution in [0.1, 0.15) is 47.9 Å². The van der Waals surface area contributed by atoms with Gasteiger partial charge in [0.1, 0.15) is 5.82 Å².